The molecule has 1 aliphatic carbocycles. The Morgan fingerprint density at radius 2 is 1.80 bits per heavy atom. The Bertz CT molecular complexity index is 1580. The van der Waals surface area contributed by atoms with Gasteiger partial charge >= 0.3 is 0 Å². The van der Waals surface area contributed by atoms with Gasteiger partial charge in [-0.3, -0.25) is 9.78 Å². The number of ketones is 1. The van der Waals surface area contributed by atoms with Gasteiger partial charge in [-0.25, -0.2) is 22.8 Å². The number of hydrogen-bond acceptors (Lipinski definition) is 7. The summed E-state index contributed by atoms with van der Waals surface area (Å²) >= 11 is 0. The predicted octanol–water partition coefficient (Wildman–Crippen LogP) is 3.92. The molecular formula is C26H19FN4O3S. The zero-order valence-electron chi connectivity index (χ0n) is 18.4. The van der Waals surface area contributed by atoms with Crippen molar-refractivity contribution in [3.63, 3.8) is 0 Å². The lowest BCUT2D eigenvalue weighted by Crippen LogP contribution is -2.08. The number of nitriles is 1. The molecular weight excluding hydrogens is 467 g/mol. The van der Waals surface area contributed by atoms with E-state index < -0.39 is 21.4 Å². The van der Waals surface area contributed by atoms with Crippen molar-refractivity contribution in [3.05, 3.63) is 95.6 Å². The molecule has 5 rings (SSSR count). The maximum atomic E-state index is 13.0. The summed E-state index contributed by atoms with van der Waals surface area (Å²) in [4.78, 5) is 24.5. The van der Waals surface area contributed by atoms with Crippen LogP contribution in [0.25, 0.3) is 10.8 Å². The van der Waals surface area contributed by atoms with Crippen LogP contribution in [0.4, 0.5) is 4.39 Å². The summed E-state index contributed by atoms with van der Waals surface area (Å²) in [6, 6.07) is 14.3. The van der Waals surface area contributed by atoms with Crippen LogP contribution in [0.3, 0.4) is 0 Å². The van der Waals surface area contributed by atoms with Gasteiger partial charge in [-0.1, -0.05) is 24.3 Å². The first kappa shape index (κ1) is 22.7. The highest BCUT2D eigenvalue weighted by Gasteiger charge is 2.43. The highest BCUT2D eigenvalue weighted by Crippen LogP contribution is 2.48. The number of carbonyl (C=O) groups is 1. The van der Waals surface area contributed by atoms with E-state index in [4.69, 9.17) is 0 Å². The van der Waals surface area contributed by atoms with Gasteiger partial charge in [0.2, 0.25) is 0 Å². The van der Waals surface area contributed by atoms with Gasteiger partial charge in [-0.2, -0.15) is 5.26 Å². The number of Topliss-reactive ketones (excluding diaryl/α,β-unsaturated/α-hetero) is 1. The largest absolute Gasteiger partial charge is 0.299 e. The van der Waals surface area contributed by atoms with Crippen LogP contribution in [0.1, 0.15) is 34.9 Å². The van der Waals surface area contributed by atoms with Crippen molar-refractivity contribution in [1.82, 2.24) is 15.0 Å². The molecule has 0 saturated heterocycles. The quantitative estimate of drug-likeness (QED) is 0.389. The molecule has 0 bridgehead atoms. The van der Waals surface area contributed by atoms with Gasteiger partial charge < -0.3 is 0 Å². The Hall–Kier alpha value is -4.03. The maximum Gasteiger partial charge on any atom is 0.185 e. The molecule has 0 N–H and O–H groups in total. The number of nitrogens with zero attached hydrogens (tertiary/aromatic N) is 4. The van der Waals surface area contributed by atoms with E-state index in [0.717, 1.165) is 40.7 Å². The summed E-state index contributed by atoms with van der Waals surface area (Å²) in [6.07, 6.45) is 6.06. The highest BCUT2D eigenvalue weighted by molar-refractivity contribution is 7.90. The van der Waals surface area contributed by atoms with Gasteiger partial charge in [-0.15, -0.1) is 0 Å². The first-order valence-corrected chi connectivity index (χ1v) is 12.6. The van der Waals surface area contributed by atoms with Gasteiger partial charge in [0.1, 0.15) is 23.4 Å². The molecule has 2 heterocycles. The lowest BCUT2D eigenvalue weighted by molar-refractivity contribution is -0.119. The first-order valence-electron chi connectivity index (χ1n) is 10.9. The Morgan fingerprint density at radius 1 is 1.06 bits per heavy atom. The molecule has 1 aliphatic rings. The van der Waals surface area contributed by atoms with Crippen molar-refractivity contribution in [2.45, 2.75) is 29.4 Å². The second kappa shape index (κ2) is 8.96. The molecule has 1 unspecified atom stereocenters. The van der Waals surface area contributed by atoms with E-state index in [0.29, 0.717) is 5.56 Å². The Kier molecular flexibility index (Phi) is 5.83. The summed E-state index contributed by atoms with van der Waals surface area (Å²) in [5.41, 5.74) is 2.24. The summed E-state index contributed by atoms with van der Waals surface area (Å²) in [6.45, 7) is 0. The lowest BCUT2D eigenvalue weighted by atomic mass is 9.99. The number of pyridine rings is 1. The van der Waals surface area contributed by atoms with Crippen molar-refractivity contribution in [2.75, 3.05) is 0 Å². The molecule has 0 amide bonds. The second-order valence-electron chi connectivity index (χ2n) is 8.59. The third-order valence-corrected chi connectivity index (χ3v) is 7.82. The summed E-state index contributed by atoms with van der Waals surface area (Å²) in [5, 5.41) is 10.9. The SMILES string of the molecule is N#Cc1cncc2ccc(CC(=O)[C@@H]3CC3c3ccc(S(=O)(=O)Cc4ncc(F)cn4)cc3)cc12. The normalized spacial score (nSPS) is 17.1. The number of halogens is 1. The van der Waals surface area contributed by atoms with Crippen LogP contribution in [0, 0.1) is 23.1 Å². The van der Waals surface area contributed by atoms with Crippen LogP contribution in [0.2, 0.25) is 0 Å². The third-order valence-electron chi connectivity index (χ3n) is 6.19. The van der Waals surface area contributed by atoms with Gasteiger partial charge in [0, 0.05) is 35.5 Å². The molecule has 1 saturated carbocycles. The molecule has 35 heavy (non-hydrogen) atoms. The predicted molar refractivity (Wildman–Crippen MR) is 125 cm³/mol. The zero-order chi connectivity index (χ0) is 24.6. The first-order chi connectivity index (χ1) is 16.8. The molecule has 9 heteroatoms. The van der Waals surface area contributed by atoms with Crippen molar-refractivity contribution in [1.29, 1.82) is 5.26 Å². The van der Waals surface area contributed by atoms with Crippen LogP contribution < -0.4 is 0 Å². The van der Waals surface area contributed by atoms with Crippen LogP contribution in [-0.2, 0) is 26.8 Å². The number of carbonyl (C=O) groups excluding carboxylic acids is 1. The van der Waals surface area contributed by atoms with Crippen LogP contribution in [-0.4, -0.2) is 29.2 Å². The molecule has 2 aromatic heterocycles. The highest BCUT2D eigenvalue weighted by atomic mass is 32.2. The summed E-state index contributed by atoms with van der Waals surface area (Å²) in [5.74, 6) is -0.976. The number of benzene rings is 2. The number of sulfone groups is 1. The summed E-state index contributed by atoms with van der Waals surface area (Å²) < 4.78 is 38.3. The van der Waals surface area contributed by atoms with Crippen molar-refractivity contribution >= 4 is 26.4 Å². The minimum Gasteiger partial charge on any atom is -0.299 e. The molecule has 1 fully saturated rings. The van der Waals surface area contributed by atoms with Crippen molar-refractivity contribution in [3.8, 4) is 6.07 Å². The standard InChI is InChI=1S/C26H19FN4O3S/c27-20-13-30-26(31-14-20)15-35(33,34)21-5-3-17(4-6-21)23-9-24(23)25(32)8-16-1-2-18-11-29-12-19(10-28)22(18)7-16/h1-7,11-14,23-24H,8-9,15H2/t23?,24-/m1/s1. The molecule has 0 spiro atoms. The van der Waals surface area contributed by atoms with Gasteiger partial charge in [0.05, 0.1) is 22.9 Å². The van der Waals surface area contributed by atoms with E-state index in [1.165, 1.54) is 18.3 Å². The monoisotopic (exact) mass is 486 g/mol. The van der Waals surface area contributed by atoms with Gasteiger partial charge in [0.15, 0.2) is 15.7 Å². The number of hydrogen-bond donors (Lipinski definition) is 0. The molecule has 7 nitrogen and oxygen atoms in total. The third kappa shape index (κ3) is 4.79. The van der Waals surface area contributed by atoms with E-state index in [1.807, 2.05) is 18.2 Å². The Balaban J connectivity index is 1.25. The van der Waals surface area contributed by atoms with Crippen molar-refractivity contribution in [2.24, 2.45) is 5.92 Å². The molecule has 0 aliphatic heterocycles. The van der Waals surface area contributed by atoms with E-state index in [9.17, 15) is 22.9 Å². The zero-order valence-corrected chi connectivity index (χ0v) is 19.2. The Morgan fingerprint density at radius 3 is 2.51 bits per heavy atom. The summed E-state index contributed by atoms with van der Waals surface area (Å²) in [7, 11) is -3.68. The minimum atomic E-state index is -3.68. The van der Waals surface area contributed by atoms with E-state index in [1.54, 1.807) is 18.3 Å². The molecule has 2 aromatic carbocycles. The maximum absolute atomic E-state index is 13.0. The van der Waals surface area contributed by atoms with E-state index in [2.05, 4.69) is 21.0 Å². The molecule has 0 radical (unpaired) electrons. The second-order valence-corrected chi connectivity index (χ2v) is 10.6. The molecule has 4 aromatic rings. The lowest BCUT2D eigenvalue weighted by Gasteiger charge is -2.06. The van der Waals surface area contributed by atoms with Crippen LogP contribution in [0.5, 0.6) is 0 Å². The Labute approximate surface area is 201 Å². The minimum absolute atomic E-state index is 0.0233. The fourth-order valence-corrected chi connectivity index (χ4v) is 5.46. The number of fused-ring (bicyclic) bond motifs is 1. The van der Waals surface area contributed by atoms with Gasteiger partial charge in [0.25, 0.3) is 0 Å². The average Bonchev–Trinajstić information content (AvgIpc) is 3.66. The van der Waals surface area contributed by atoms with Gasteiger partial charge in [-0.05, 0) is 41.7 Å². The topological polar surface area (TPSA) is 114 Å². The fraction of sp³-hybridized carbons (Fsp3) is 0.192. The molecule has 174 valence electrons. The van der Waals surface area contributed by atoms with Crippen LogP contribution >= 0.6 is 0 Å². The van der Waals surface area contributed by atoms with E-state index in [-0.39, 0.29) is 34.8 Å². The van der Waals surface area contributed by atoms with Crippen LogP contribution in [0.15, 0.2) is 72.1 Å². The fourth-order valence-electron chi connectivity index (χ4n) is 4.25. The number of rotatable bonds is 7. The van der Waals surface area contributed by atoms with E-state index >= 15 is 0 Å². The average molecular weight is 487 g/mol. The molecule has 2 atom stereocenters. The number of aromatic nitrogens is 3. The smallest absolute Gasteiger partial charge is 0.185 e. The van der Waals surface area contributed by atoms with Crippen molar-refractivity contribution < 1.29 is 17.6 Å².